The Balaban J connectivity index is 1.57. The predicted octanol–water partition coefficient (Wildman–Crippen LogP) is 2.70. The number of nitrogens with one attached hydrogen (secondary N) is 1. The third-order valence-electron chi connectivity index (χ3n) is 3.87. The van der Waals surface area contributed by atoms with Crippen molar-refractivity contribution in [1.82, 2.24) is 0 Å². The molecule has 0 unspecified atom stereocenters. The number of carbonyl (C=O) groups is 2. The van der Waals surface area contributed by atoms with Crippen molar-refractivity contribution in [2.45, 2.75) is 12.8 Å². The van der Waals surface area contributed by atoms with E-state index in [9.17, 15) is 9.59 Å². The summed E-state index contributed by atoms with van der Waals surface area (Å²) in [6, 6.07) is 15.8. The summed E-state index contributed by atoms with van der Waals surface area (Å²) in [6.07, 6.45) is 1.42. The Bertz CT molecular complexity index is 825. The van der Waals surface area contributed by atoms with E-state index in [1.807, 2.05) is 12.1 Å². The first kappa shape index (κ1) is 16.5. The van der Waals surface area contributed by atoms with Gasteiger partial charge in [0.1, 0.15) is 5.75 Å². The number of nitrogens with zero attached hydrogens (tertiary/aromatic N) is 2. The molecule has 0 spiro atoms. The smallest absolute Gasteiger partial charge is 0.262 e. The highest BCUT2D eigenvalue weighted by atomic mass is 16.5. The largest absolute Gasteiger partial charge is 0.484 e. The van der Waals surface area contributed by atoms with Crippen LogP contribution in [0.25, 0.3) is 0 Å². The van der Waals surface area contributed by atoms with Crippen LogP contribution in [0.1, 0.15) is 18.4 Å². The Labute approximate surface area is 145 Å². The number of benzene rings is 2. The van der Waals surface area contributed by atoms with Gasteiger partial charge < -0.3 is 15.0 Å². The van der Waals surface area contributed by atoms with E-state index in [2.05, 4.69) is 5.32 Å². The minimum atomic E-state index is -0.297. The highest BCUT2D eigenvalue weighted by Gasteiger charge is 2.21. The highest BCUT2D eigenvalue weighted by Crippen LogP contribution is 2.24. The predicted molar refractivity (Wildman–Crippen MR) is 93.3 cm³/mol. The molecular formula is C19H17N3O3. The maximum atomic E-state index is 12.0. The van der Waals surface area contributed by atoms with Gasteiger partial charge in [-0.05, 0) is 48.9 Å². The third-order valence-corrected chi connectivity index (χ3v) is 3.87. The van der Waals surface area contributed by atoms with Crippen LogP contribution in [0.3, 0.4) is 0 Å². The lowest BCUT2D eigenvalue weighted by molar-refractivity contribution is -0.118. The molecule has 0 atom stereocenters. The molecule has 0 saturated carbocycles. The van der Waals surface area contributed by atoms with Gasteiger partial charge >= 0.3 is 0 Å². The average Bonchev–Trinajstić information content (AvgIpc) is 3.06. The second-order valence-electron chi connectivity index (χ2n) is 5.67. The van der Waals surface area contributed by atoms with Crippen LogP contribution in [0.5, 0.6) is 5.75 Å². The van der Waals surface area contributed by atoms with Crippen molar-refractivity contribution in [2.75, 3.05) is 23.4 Å². The number of hydrogen-bond donors (Lipinski definition) is 1. The summed E-state index contributed by atoms with van der Waals surface area (Å²) in [5, 5.41) is 11.5. The first-order valence-corrected chi connectivity index (χ1v) is 7.99. The Kier molecular flexibility index (Phi) is 4.95. The molecule has 1 saturated heterocycles. The molecule has 0 bridgehead atoms. The van der Waals surface area contributed by atoms with Crippen LogP contribution in [-0.4, -0.2) is 25.0 Å². The topological polar surface area (TPSA) is 82.4 Å². The number of nitriles is 1. The fourth-order valence-electron chi connectivity index (χ4n) is 2.64. The maximum Gasteiger partial charge on any atom is 0.262 e. The fraction of sp³-hybridized carbons (Fsp3) is 0.211. The lowest BCUT2D eigenvalue weighted by Gasteiger charge is -2.16. The van der Waals surface area contributed by atoms with Crippen molar-refractivity contribution in [2.24, 2.45) is 0 Å². The van der Waals surface area contributed by atoms with Crippen LogP contribution < -0.4 is 15.0 Å². The van der Waals surface area contributed by atoms with E-state index >= 15 is 0 Å². The Morgan fingerprint density at radius 2 is 2.04 bits per heavy atom. The van der Waals surface area contributed by atoms with Gasteiger partial charge in [-0.15, -0.1) is 0 Å². The van der Waals surface area contributed by atoms with Crippen molar-refractivity contribution < 1.29 is 14.3 Å². The zero-order valence-electron chi connectivity index (χ0n) is 13.6. The summed E-state index contributed by atoms with van der Waals surface area (Å²) in [7, 11) is 0. The molecule has 3 rings (SSSR count). The number of carbonyl (C=O) groups excluding carboxylic acids is 2. The number of rotatable bonds is 5. The molecule has 126 valence electrons. The Hall–Kier alpha value is -3.33. The van der Waals surface area contributed by atoms with E-state index in [0.29, 0.717) is 30.0 Å². The van der Waals surface area contributed by atoms with Gasteiger partial charge in [0.05, 0.1) is 11.6 Å². The van der Waals surface area contributed by atoms with Crippen LogP contribution >= 0.6 is 0 Å². The molecule has 6 nitrogen and oxygen atoms in total. The fourth-order valence-corrected chi connectivity index (χ4v) is 2.64. The monoisotopic (exact) mass is 335 g/mol. The maximum absolute atomic E-state index is 12.0. The molecule has 2 aromatic carbocycles. The van der Waals surface area contributed by atoms with Crippen LogP contribution in [0.2, 0.25) is 0 Å². The van der Waals surface area contributed by atoms with E-state index in [0.717, 1.165) is 12.1 Å². The van der Waals surface area contributed by atoms with E-state index in [1.165, 1.54) is 0 Å². The summed E-state index contributed by atoms with van der Waals surface area (Å²) in [5.41, 5.74) is 1.93. The first-order valence-electron chi connectivity index (χ1n) is 7.99. The molecule has 25 heavy (non-hydrogen) atoms. The van der Waals surface area contributed by atoms with E-state index in [-0.39, 0.29) is 18.4 Å². The molecule has 1 aliphatic heterocycles. The van der Waals surface area contributed by atoms with Crippen molar-refractivity contribution >= 4 is 23.2 Å². The second-order valence-corrected chi connectivity index (χ2v) is 5.67. The Morgan fingerprint density at radius 1 is 1.24 bits per heavy atom. The van der Waals surface area contributed by atoms with E-state index in [4.69, 9.17) is 10.00 Å². The Morgan fingerprint density at radius 3 is 2.72 bits per heavy atom. The molecule has 1 heterocycles. The normalized spacial score (nSPS) is 13.4. The minimum absolute atomic E-state index is 0.104. The molecule has 1 fully saturated rings. The lowest BCUT2D eigenvalue weighted by Crippen LogP contribution is -2.24. The van der Waals surface area contributed by atoms with Gasteiger partial charge in [-0.3, -0.25) is 9.59 Å². The average molecular weight is 335 g/mol. The third kappa shape index (κ3) is 4.15. The van der Waals surface area contributed by atoms with E-state index in [1.54, 1.807) is 47.4 Å². The SMILES string of the molecule is N#Cc1ccc(OCC(=O)Nc2cccc(N3CCCC3=O)c2)cc1. The summed E-state index contributed by atoms with van der Waals surface area (Å²) in [6.45, 7) is 0.566. The van der Waals surface area contributed by atoms with Gasteiger partial charge in [0.25, 0.3) is 5.91 Å². The first-order chi connectivity index (χ1) is 12.2. The quantitative estimate of drug-likeness (QED) is 0.911. The summed E-state index contributed by atoms with van der Waals surface area (Å²) in [5.74, 6) is 0.326. The molecule has 6 heteroatoms. The number of anilines is 2. The van der Waals surface area contributed by atoms with Gasteiger partial charge in [-0.2, -0.15) is 5.26 Å². The molecule has 2 amide bonds. The standard InChI is InChI=1S/C19H17N3O3/c20-12-14-6-8-17(9-7-14)25-13-18(23)21-15-3-1-4-16(11-15)22-10-2-5-19(22)24/h1,3-4,6-9,11H,2,5,10,13H2,(H,21,23). The van der Waals surface area contributed by atoms with Crippen LogP contribution in [-0.2, 0) is 9.59 Å². The zero-order valence-corrected chi connectivity index (χ0v) is 13.6. The van der Waals surface area contributed by atoms with Gasteiger partial charge in [0.2, 0.25) is 5.91 Å². The number of hydrogen-bond acceptors (Lipinski definition) is 4. The van der Waals surface area contributed by atoms with Gasteiger partial charge in [0, 0.05) is 24.3 Å². The molecular weight excluding hydrogens is 318 g/mol. The van der Waals surface area contributed by atoms with Gasteiger partial charge in [0.15, 0.2) is 6.61 Å². The van der Waals surface area contributed by atoms with Gasteiger partial charge in [-0.25, -0.2) is 0 Å². The highest BCUT2D eigenvalue weighted by molar-refractivity contribution is 5.97. The van der Waals surface area contributed by atoms with Crippen LogP contribution in [0, 0.1) is 11.3 Å². The minimum Gasteiger partial charge on any atom is -0.484 e. The second kappa shape index (κ2) is 7.49. The van der Waals surface area contributed by atoms with Crippen molar-refractivity contribution in [3.8, 4) is 11.8 Å². The number of ether oxygens (including phenoxy) is 1. The van der Waals surface area contributed by atoms with Crippen LogP contribution in [0.4, 0.5) is 11.4 Å². The van der Waals surface area contributed by atoms with Gasteiger partial charge in [-0.1, -0.05) is 6.07 Å². The van der Waals surface area contributed by atoms with Crippen molar-refractivity contribution in [1.29, 1.82) is 5.26 Å². The summed E-state index contributed by atoms with van der Waals surface area (Å²) >= 11 is 0. The summed E-state index contributed by atoms with van der Waals surface area (Å²) in [4.78, 5) is 25.6. The molecule has 0 aromatic heterocycles. The molecule has 2 aromatic rings. The summed E-state index contributed by atoms with van der Waals surface area (Å²) < 4.78 is 5.40. The van der Waals surface area contributed by atoms with Crippen molar-refractivity contribution in [3.63, 3.8) is 0 Å². The van der Waals surface area contributed by atoms with Crippen molar-refractivity contribution in [3.05, 3.63) is 54.1 Å². The molecule has 0 radical (unpaired) electrons. The molecule has 0 aliphatic carbocycles. The lowest BCUT2D eigenvalue weighted by atomic mass is 10.2. The number of amides is 2. The van der Waals surface area contributed by atoms with E-state index < -0.39 is 0 Å². The molecule has 1 aliphatic rings. The van der Waals surface area contributed by atoms with Crippen LogP contribution in [0.15, 0.2) is 48.5 Å². The zero-order chi connectivity index (χ0) is 17.6. The molecule has 1 N–H and O–H groups in total.